The third kappa shape index (κ3) is 4.77. The van der Waals surface area contributed by atoms with E-state index in [-0.39, 0.29) is 23.6 Å². The van der Waals surface area contributed by atoms with Crippen molar-refractivity contribution in [1.29, 1.82) is 0 Å². The number of hydrogen-bond acceptors (Lipinski definition) is 4. The zero-order chi connectivity index (χ0) is 22.0. The maximum Gasteiger partial charge on any atom is 0.291 e. The van der Waals surface area contributed by atoms with Crippen molar-refractivity contribution < 1.29 is 18.4 Å². The molecule has 0 radical (unpaired) electrons. The number of nitrogens with zero attached hydrogens (tertiary/aromatic N) is 2. The summed E-state index contributed by atoms with van der Waals surface area (Å²) in [5.41, 5.74) is 2.77. The Kier molecular flexibility index (Phi) is 5.75. The Labute approximate surface area is 180 Å². The largest absolute Gasteiger partial charge is 0.459 e. The fourth-order valence-electron chi connectivity index (χ4n) is 3.55. The van der Waals surface area contributed by atoms with Crippen molar-refractivity contribution >= 4 is 23.2 Å². The molecule has 1 N–H and O–H groups in total. The molecule has 1 aromatic heterocycles. The van der Waals surface area contributed by atoms with Crippen LogP contribution in [0.15, 0.2) is 65.3 Å². The average Bonchev–Trinajstić information content (AvgIpc) is 3.43. The molecule has 1 aliphatic rings. The lowest BCUT2D eigenvalue weighted by atomic mass is 10.1. The number of carbonyl (C=O) groups is 2. The minimum Gasteiger partial charge on any atom is -0.459 e. The van der Waals surface area contributed by atoms with Crippen LogP contribution in [0.5, 0.6) is 0 Å². The van der Waals surface area contributed by atoms with Crippen molar-refractivity contribution in [3.8, 4) is 0 Å². The van der Waals surface area contributed by atoms with E-state index in [1.54, 1.807) is 29.2 Å². The van der Waals surface area contributed by atoms with Crippen LogP contribution >= 0.6 is 0 Å². The second kappa shape index (κ2) is 8.63. The van der Waals surface area contributed by atoms with Crippen molar-refractivity contribution in [2.75, 3.05) is 24.3 Å². The molecule has 31 heavy (non-hydrogen) atoms. The quantitative estimate of drug-likeness (QED) is 0.608. The fraction of sp³-hybridized carbons (Fsp3) is 0.250. The molecule has 2 aromatic carbocycles. The normalized spacial score (nSPS) is 13.0. The molecule has 1 heterocycles. The Morgan fingerprint density at radius 2 is 1.90 bits per heavy atom. The molecule has 160 valence electrons. The van der Waals surface area contributed by atoms with Gasteiger partial charge >= 0.3 is 0 Å². The van der Waals surface area contributed by atoms with Crippen molar-refractivity contribution in [2.24, 2.45) is 0 Å². The van der Waals surface area contributed by atoms with Crippen molar-refractivity contribution in [1.82, 2.24) is 4.90 Å². The third-order valence-corrected chi connectivity index (χ3v) is 5.22. The van der Waals surface area contributed by atoms with Crippen LogP contribution in [0.4, 0.5) is 15.8 Å². The molecule has 2 amide bonds. The first-order valence-corrected chi connectivity index (χ1v) is 10.1. The van der Waals surface area contributed by atoms with Gasteiger partial charge in [-0.15, -0.1) is 0 Å². The molecular weight excluding hydrogens is 397 g/mol. The molecule has 6 nitrogen and oxygen atoms in total. The number of nitrogens with one attached hydrogen (secondary N) is 1. The molecule has 0 unspecified atom stereocenters. The molecule has 1 saturated carbocycles. The molecule has 1 fully saturated rings. The van der Waals surface area contributed by atoms with Crippen LogP contribution in [-0.2, 0) is 6.54 Å². The van der Waals surface area contributed by atoms with E-state index in [0.717, 1.165) is 24.1 Å². The summed E-state index contributed by atoms with van der Waals surface area (Å²) < 4.78 is 18.8. The minimum atomic E-state index is -0.432. The van der Waals surface area contributed by atoms with Crippen LogP contribution in [0.1, 0.15) is 39.3 Å². The molecule has 0 atom stereocenters. The first-order chi connectivity index (χ1) is 14.9. The smallest absolute Gasteiger partial charge is 0.291 e. The number of halogens is 1. The summed E-state index contributed by atoms with van der Waals surface area (Å²) in [7, 11) is 3.85. The highest BCUT2D eigenvalue weighted by atomic mass is 19.1. The lowest BCUT2D eigenvalue weighted by Crippen LogP contribution is -2.33. The maximum atomic E-state index is 13.7. The van der Waals surface area contributed by atoms with E-state index in [1.807, 2.05) is 37.2 Å². The van der Waals surface area contributed by atoms with Crippen molar-refractivity contribution in [3.63, 3.8) is 0 Å². The Hall–Kier alpha value is -3.61. The van der Waals surface area contributed by atoms with Crippen LogP contribution in [0.3, 0.4) is 0 Å². The first-order valence-electron chi connectivity index (χ1n) is 10.1. The molecule has 1 aliphatic carbocycles. The first kappa shape index (κ1) is 20.7. The maximum absolute atomic E-state index is 13.7. The van der Waals surface area contributed by atoms with Gasteiger partial charge in [-0.3, -0.25) is 9.59 Å². The SMILES string of the molecule is CN(C)c1ccc(NC(=O)c2ccco2)cc1CN(C(=O)c1cccc(F)c1)C1CC1. The summed E-state index contributed by atoms with van der Waals surface area (Å²) in [6, 6.07) is 14.7. The number of furan rings is 1. The van der Waals surface area contributed by atoms with Crippen LogP contribution < -0.4 is 10.2 Å². The average molecular weight is 421 g/mol. The predicted molar refractivity (Wildman–Crippen MR) is 117 cm³/mol. The lowest BCUT2D eigenvalue weighted by molar-refractivity contribution is 0.0729. The van der Waals surface area contributed by atoms with E-state index in [4.69, 9.17) is 4.42 Å². The topological polar surface area (TPSA) is 65.8 Å². The van der Waals surface area contributed by atoms with Crippen LogP contribution in [0.25, 0.3) is 0 Å². The summed E-state index contributed by atoms with van der Waals surface area (Å²) in [5.74, 6) is -0.752. The Morgan fingerprint density at radius 1 is 1.10 bits per heavy atom. The van der Waals surface area contributed by atoms with Gasteiger partial charge in [-0.2, -0.15) is 0 Å². The molecule has 0 saturated heterocycles. The van der Waals surface area contributed by atoms with Gasteiger partial charge in [0, 0.05) is 43.6 Å². The van der Waals surface area contributed by atoms with Gasteiger partial charge in [0.05, 0.1) is 6.26 Å². The summed E-state index contributed by atoms with van der Waals surface area (Å²) in [6.45, 7) is 0.359. The van der Waals surface area contributed by atoms with Gasteiger partial charge < -0.3 is 19.5 Å². The summed E-state index contributed by atoms with van der Waals surface area (Å²) in [4.78, 5) is 29.3. The van der Waals surface area contributed by atoms with E-state index in [2.05, 4.69) is 5.32 Å². The highest BCUT2D eigenvalue weighted by Crippen LogP contribution is 2.33. The molecule has 0 bridgehead atoms. The van der Waals surface area contributed by atoms with Gasteiger partial charge in [-0.1, -0.05) is 6.07 Å². The number of rotatable bonds is 7. The van der Waals surface area contributed by atoms with Gasteiger partial charge in [-0.25, -0.2) is 4.39 Å². The molecule has 4 rings (SSSR count). The van der Waals surface area contributed by atoms with Crippen LogP contribution in [-0.4, -0.2) is 36.9 Å². The Balaban J connectivity index is 1.61. The van der Waals surface area contributed by atoms with E-state index in [9.17, 15) is 14.0 Å². The standard InChI is InChI=1S/C24H24FN3O3/c1-27(2)21-11-8-19(26-23(29)22-7-4-12-31-22)14-17(21)15-28(20-9-10-20)24(30)16-5-3-6-18(25)13-16/h3-8,11-14,20H,9-10,15H2,1-2H3,(H,26,29). The second-order valence-corrected chi connectivity index (χ2v) is 7.84. The molecule has 0 aliphatic heterocycles. The number of hydrogen-bond donors (Lipinski definition) is 1. The zero-order valence-electron chi connectivity index (χ0n) is 17.5. The minimum absolute atomic E-state index is 0.132. The number of anilines is 2. The Morgan fingerprint density at radius 3 is 2.55 bits per heavy atom. The highest BCUT2D eigenvalue weighted by Gasteiger charge is 2.33. The summed E-state index contributed by atoms with van der Waals surface area (Å²) in [6.07, 6.45) is 3.29. The molecule has 7 heteroatoms. The summed E-state index contributed by atoms with van der Waals surface area (Å²) >= 11 is 0. The number of amides is 2. The predicted octanol–water partition coefficient (Wildman–Crippen LogP) is 4.54. The van der Waals surface area contributed by atoms with Crippen molar-refractivity contribution in [2.45, 2.75) is 25.4 Å². The molecular formula is C24H24FN3O3. The Bertz CT molecular complexity index is 1090. The van der Waals surface area contributed by atoms with Gasteiger partial charge in [0.15, 0.2) is 5.76 Å². The van der Waals surface area contributed by atoms with Gasteiger partial charge in [0.2, 0.25) is 0 Å². The van der Waals surface area contributed by atoms with Gasteiger partial charge in [0.25, 0.3) is 11.8 Å². The molecule has 0 spiro atoms. The van der Waals surface area contributed by atoms with E-state index >= 15 is 0 Å². The van der Waals surface area contributed by atoms with E-state index in [0.29, 0.717) is 17.8 Å². The van der Waals surface area contributed by atoms with Crippen LogP contribution in [0, 0.1) is 5.82 Å². The second-order valence-electron chi connectivity index (χ2n) is 7.84. The van der Waals surface area contributed by atoms with Gasteiger partial charge in [-0.05, 0) is 66.9 Å². The summed E-state index contributed by atoms with van der Waals surface area (Å²) in [5, 5.41) is 2.83. The van der Waals surface area contributed by atoms with Gasteiger partial charge in [0.1, 0.15) is 5.82 Å². The lowest BCUT2D eigenvalue weighted by Gasteiger charge is -2.26. The van der Waals surface area contributed by atoms with E-state index < -0.39 is 5.82 Å². The number of benzene rings is 2. The van der Waals surface area contributed by atoms with Crippen molar-refractivity contribution in [3.05, 3.63) is 83.6 Å². The highest BCUT2D eigenvalue weighted by molar-refractivity contribution is 6.02. The van der Waals surface area contributed by atoms with Crippen LogP contribution in [0.2, 0.25) is 0 Å². The zero-order valence-corrected chi connectivity index (χ0v) is 17.5. The number of carbonyl (C=O) groups excluding carboxylic acids is 2. The fourth-order valence-corrected chi connectivity index (χ4v) is 3.55. The third-order valence-electron chi connectivity index (χ3n) is 5.22. The molecule has 3 aromatic rings. The monoisotopic (exact) mass is 421 g/mol. The van der Waals surface area contributed by atoms with E-state index in [1.165, 1.54) is 18.4 Å².